The number of hydrogen-bond acceptors (Lipinski definition) is 4. The van der Waals surface area contributed by atoms with Crippen molar-refractivity contribution in [1.29, 1.82) is 0 Å². The van der Waals surface area contributed by atoms with E-state index in [0.29, 0.717) is 11.4 Å². The summed E-state index contributed by atoms with van der Waals surface area (Å²) >= 11 is 1.98. The fourth-order valence-corrected chi connectivity index (χ4v) is 3.78. The summed E-state index contributed by atoms with van der Waals surface area (Å²) in [5, 5.41) is 6.93. The molecule has 2 fully saturated rings. The predicted octanol–water partition coefficient (Wildman–Crippen LogP) is 1.21. The molecule has 1 aromatic rings. The number of aryl methyl sites for hydroxylation is 2. The summed E-state index contributed by atoms with van der Waals surface area (Å²) in [6, 6.07) is 0. The van der Waals surface area contributed by atoms with Gasteiger partial charge in [0.2, 0.25) is 11.9 Å². The topological polar surface area (TPSA) is 59.8 Å². The molecule has 0 bridgehead atoms. The maximum absolute atomic E-state index is 11.9. The van der Waals surface area contributed by atoms with Crippen LogP contribution in [0.15, 0.2) is 0 Å². The predicted molar refractivity (Wildman–Crippen MR) is 66.9 cm³/mol. The molecule has 1 saturated heterocycles. The van der Waals surface area contributed by atoms with Gasteiger partial charge in [-0.2, -0.15) is 16.7 Å². The number of aromatic nitrogens is 3. The van der Waals surface area contributed by atoms with Gasteiger partial charge in [0, 0.05) is 13.0 Å². The monoisotopic (exact) mass is 252 g/mol. The highest BCUT2D eigenvalue weighted by atomic mass is 32.2. The number of thioether (sulfide) groups is 1. The van der Waals surface area contributed by atoms with E-state index in [-0.39, 0.29) is 11.8 Å². The fraction of sp³-hybridized carbons (Fsp3) is 0.727. The first-order chi connectivity index (χ1) is 8.08. The van der Waals surface area contributed by atoms with Crippen LogP contribution >= 0.6 is 11.8 Å². The number of nitrogens with zero attached hydrogens (tertiary/aromatic N) is 3. The number of nitrogens with one attached hydrogen (secondary N) is 1. The average Bonchev–Trinajstić information content (AvgIpc) is 2.40. The lowest BCUT2D eigenvalue weighted by Crippen LogP contribution is -2.51. The minimum Gasteiger partial charge on any atom is -0.293 e. The third kappa shape index (κ3) is 1.84. The van der Waals surface area contributed by atoms with Crippen LogP contribution in [0.25, 0.3) is 0 Å². The van der Waals surface area contributed by atoms with Crippen molar-refractivity contribution < 1.29 is 4.79 Å². The first kappa shape index (κ1) is 11.1. The molecule has 5 nitrogen and oxygen atoms in total. The molecule has 1 aromatic heterocycles. The fourth-order valence-electron chi connectivity index (χ4n) is 2.53. The van der Waals surface area contributed by atoms with Crippen molar-refractivity contribution in [3.05, 3.63) is 5.82 Å². The van der Waals surface area contributed by atoms with E-state index in [4.69, 9.17) is 0 Å². The van der Waals surface area contributed by atoms with E-state index in [1.807, 2.05) is 25.7 Å². The molecule has 2 aliphatic rings. The molecule has 0 atom stereocenters. The maximum atomic E-state index is 11.9. The lowest BCUT2D eigenvalue weighted by molar-refractivity contribution is -0.126. The molecule has 17 heavy (non-hydrogen) atoms. The highest BCUT2D eigenvalue weighted by molar-refractivity contribution is 8.00. The molecule has 92 valence electrons. The van der Waals surface area contributed by atoms with Gasteiger partial charge < -0.3 is 0 Å². The van der Waals surface area contributed by atoms with Crippen molar-refractivity contribution in [3.63, 3.8) is 0 Å². The van der Waals surface area contributed by atoms with Crippen LogP contribution in [-0.4, -0.2) is 32.2 Å². The Bertz CT molecular complexity index is 439. The molecule has 1 N–H and O–H groups in total. The van der Waals surface area contributed by atoms with Crippen LogP contribution in [0.5, 0.6) is 0 Å². The minimum atomic E-state index is 0.0816. The SMILES string of the molecule is Cc1nc(NC(=O)C2CC3(CSC3)C2)nn1C. The van der Waals surface area contributed by atoms with Crippen LogP contribution in [0.4, 0.5) is 5.95 Å². The molecule has 3 rings (SSSR count). The Morgan fingerprint density at radius 3 is 2.71 bits per heavy atom. The number of rotatable bonds is 2. The summed E-state index contributed by atoms with van der Waals surface area (Å²) in [6.07, 6.45) is 2.08. The molecule has 1 saturated carbocycles. The van der Waals surface area contributed by atoms with E-state index in [9.17, 15) is 4.79 Å². The van der Waals surface area contributed by atoms with Crippen molar-refractivity contribution in [2.24, 2.45) is 18.4 Å². The van der Waals surface area contributed by atoms with Gasteiger partial charge in [-0.25, -0.2) is 0 Å². The van der Waals surface area contributed by atoms with E-state index in [1.54, 1.807) is 4.68 Å². The van der Waals surface area contributed by atoms with Gasteiger partial charge in [-0.05, 0) is 36.7 Å². The van der Waals surface area contributed by atoms with E-state index in [1.165, 1.54) is 11.5 Å². The summed E-state index contributed by atoms with van der Waals surface area (Å²) in [5.74, 6) is 3.95. The number of amides is 1. The number of carbonyl (C=O) groups excluding carboxylic acids is 1. The highest BCUT2D eigenvalue weighted by Gasteiger charge is 2.51. The average molecular weight is 252 g/mol. The zero-order chi connectivity index (χ0) is 12.0. The van der Waals surface area contributed by atoms with Crippen LogP contribution in [0, 0.1) is 18.3 Å². The van der Waals surface area contributed by atoms with Crippen LogP contribution in [0.2, 0.25) is 0 Å². The summed E-state index contributed by atoms with van der Waals surface area (Å²) in [4.78, 5) is 16.1. The molecular weight excluding hydrogens is 236 g/mol. The van der Waals surface area contributed by atoms with E-state index < -0.39 is 0 Å². The van der Waals surface area contributed by atoms with Crippen molar-refractivity contribution >= 4 is 23.6 Å². The molecule has 1 aliphatic carbocycles. The van der Waals surface area contributed by atoms with E-state index in [0.717, 1.165) is 18.7 Å². The van der Waals surface area contributed by atoms with Gasteiger partial charge in [-0.15, -0.1) is 5.10 Å². The third-order valence-corrected chi connectivity index (χ3v) is 5.39. The van der Waals surface area contributed by atoms with Gasteiger partial charge in [0.15, 0.2) is 0 Å². The van der Waals surface area contributed by atoms with Crippen molar-refractivity contribution in [3.8, 4) is 0 Å². The molecule has 0 aromatic carbocycles. The van der Waals surface area contributed by atoms with Crippen molar-refractivity contribution in [2.45, 2.75) is 19.8 Å². The summed E-state index contributed by atoms with van der Waals surface area (Å²) in [6.45, 7) is 1.87. The van der Waals surface area contributed by atoms with Gasteiger partial charge in [0.25, 0.3) is 0 Å². The number of hydrogen-bond donors (Lipinski definition) is 1. The van der Waals surface area contributed by atoms with Crippen molar-refractivity contribution in [2.75, 3.05) is 16.8 Å². The second kappa shape index (κ2) is 3.73. The smallest absolute Gasteiger partial charge is 0.248 e. The zero-order valence-electron chi connectivity index (χ0n) is 10.1. The van der Waals surface area contributed by atoms with Crippen LogP contribution < -0.4 is 5.32 Å². The lowest BCUT2D eigenvalue weighted by atomic mass is 9.63. The Morgan fingerprint density at radius 1 is 1.53 bits per heavy atom. The Balaban J connectivity index is 1.57. The standard InChI is InChI=1S/C11H16N4OS/c1-7-12-10(14-15(7)2)13-9(16)8-3-11(4-8)5-17-6-11/h8H,3-6H2,1-2H3,(H,13,14,16). The molecule has 1 aliphatic heterocycles. The van der Waals surface area contributed by atoms with E-state index >= 15 is 0 Å². The molecule has 1 amide bonds. The first-order valence-electron chi connectivity index (χ1n) is 5.84. The number of carbonyl (C=O) groups is 1. The van der Waals surface area contributed by atoms with Gasteiger partial charge in [-0.3, -0.25) is 14.8 Å². The third-order valence-electron chi connectivity index (χ3n) is 3.76. The highest BCUT2D eigenvalue weighted by Crippen LogP contribution is 2.56. The maximum Gasteiger partial charge on any atom is 0.248 e. The summed E-state index contributed by atoms with van der Waals surface area (Å²) < 4.78 is 1.67. The largest absolute Gasteiger partial charge is 0.293 e. The normalized spacial score (nSPS) is 22.0. The second-order valence-electron chi connectivity index (χ2n) is 5.19. The van der Waals surface area contributed by atoms with Gasteiger partial charge in [-0.1, -0.05) is 0 Å². The van der Waals surface area contributed by atoms with Gasteiger partial charge in [0.1, 0.15) is 5.82 Å². The quantitative estimate of drug-likeness (QED) is 0.859. The molecular formula is C11H16N4OS. The Labute approximate surface area is 104 Å². The molecule has 0 unspecified atom stereocenters. The Hall–Kier alpha value is -1.04. The summed E-state index contributed by atoms with van der Waals surface area (Å²) in [7, 11) is 1.82. The molecule has 2 heterocycles. The molecule has 1 spiro atoms. The first-order valence-corrected chi connectivity index (χ1v) is 7.00. The van der Waals surface area contributed by atoms with E-state index in [2.05, 4.69) is 15.4 Å². The number of anilines is 1. The Kier molecular flexibility index (Phi) is 2.43. The van der Waals surface area contributed by atoms with Gasteiger partial charge in [0.05, 0.1) is 0 Å². The van der Waals surface area contributed by atoms with Crippen LogP contribution in [0.1, 0.15) is 18.7 Å². The van der Waals surface area contributed by atoms with Crippen molar-refractivity contribution in [1.82, 2.24) is 14.8 Å². The van der Waals surface area contributed by atoms with Gasteiger partial charge >= 0.3 is 0 Å². The summed E-state index contributed by atoms with van der Waals surface area (Å²) in [5.41, 5.74) is 0.500. The molecule has 6 heteroatoms. The van der Waals surface area contributed by atoms with Crippen LogP contribution in [-0.2, 0) is 11.8 Å². The van der Waals surface area contributed by atoms with Crippen LogP contribution in [0.3, 0.4) is 0 Å². The minimum absolute atomic E-state index is 0.0816. The zero-order valence-corrected chi connectivity index (χ0v) is 10.9. The Morgan fingerprint density at radius 2 is 2.24 bits per heavy atom. The second-order valence-corrected chi connectivity index (χ2v) is 6.18. The lowest BCUT2D eigenvalue weighted by Gasteiger charge is -2.52. The molecule has 0 radical (unpaired) electrons.